The molecule has 0 amide bonds. The zero-order valence-corrected chi connectivity index (χ0v) is 43.8. The molecule has 0 spiro atoms. The zero-order valence-electron chi connectivity index (χ0n) is 43.8. The van der Waals surface area contributed by atoms with Crippen molar-refractivity contribution in [2.45, 2.75) is 67.7 Å². The molecule has 394 valence electrons. The summed E-state index contributed by atoms with van der Waals surface area (Å²) in [4.78, 5) is 54.1. The van der Waals surface area contributed by atoms with Crippen molar-refractivity contribution < 1.29 is 26.3 Å². The Bertz CT molecular complexity index is 4320. The number of alkyl halides is 6. The van der Waals surface area contributed by atoms with Crippen LogP contribution < -0.4 is 0 Å². The smallest absolute Gasteiger partial charge is 0.309 e. The quantitative estimate of drug-likeness (QED) is 0.137. The summed E-state index contributed by atoms with van der Waals surface area (Å²) in [6, 6.07) is 28.0. The van der Waals surface area contributed by atoms with E-state index in [9.17, 15) is 5.26 Å². The summed E-state index contributed by atoms with van der Waals surface area (Å²) in [5.74, 6) is 5.16. The lowest BCUT2D eigenvalue weighted by molar-refractivity contribution is -0.142. The fraction of sp³-hybridized carbons (Fsp3) is 0.169. The van der Waals surface area contributed by atoms with Crippen molar-refractivity contribution in [3.05, 3.63) is 166 Å². The van der Waals surface area contributed by atoms with E-state index in [1.807, 2.05) is 12.1 Å². The maximum absolute atomic E-state index is 15.7. The van der Waals surface area contributed by atoms with Gasteiger partial charge in [0.1, 0.15) is 52.7 Å². The molecule has 0 fully saturated rings. The fourth-order valence-electron chi connectivity index (χ4n) is 10.7. The van der Waals surface area contributed by atoms with Gasteiger partial charge in [-0.15, -0.1) is 0 Å². The number of fused-ring (bicyclic) bond motifs is 6. The predicted molar refractivity (Wildman–Crippen MR) is 288 cm³/mol. The van der Waals surface area contributed by atoms with Gasteiger partial charge in [-0.1, -0.05) is 6.07 Å². The lowest BCUT2D eigenvalue weighted by Gasteiger charge is -2.24. The first-order valence-corrected chi connectivity index (χ1v) is 24.9. The second kappa shape index (κ2) is 18.6. The Kier molecular flexibility index (Phi) is 11.8. The molecule has 0 bridgehead atoms. The molecule has 0 N–H and O–H groups in total. The number of aryl methyl sites for hydroxylation is 8. The molecule has 21 heteroatoms. The van der Waals surface area contributed by atoms with Gasteiger partial charge in [0.15, 0.2) is 23.3 Å². The highest BCUT2D eigenvalue weighted by Gasteiger charge is 2.42. The van der Waals surface area contributed by atoms with Crippen LogP contribution in [0.4, 0.5) is 26.3 Å². The van der Waals surface area contributed by atoms with E-state index in [-0.39, 0.29) is 16.9 Å². The molecule has 0 aliphatic heterocycles. The van der Waals surface area contributed by atoms with Gasteiger partial charge in [0.05, 0.1) is 50.1 Å². The summed E-state index contributed by atoms with van der Waals surface area (Å²) in [7, 11) is 0. The first kappa shape index (κ1) is 50.8. The number of hydrogen-bond donors (Lipinski definition) is 0. The Morgan fingerprint density at radius 2 is 0.650 bits per heavy atom. The number of halogens is 6. The topological polar surface area (TPSA) is 188 Å². The van der Waals surface area contributed by atoms with Crippen LogP contribution in [0.2, 0.25) is 0 Å². The second-order valence-electron chi connectivity index (χ2n) is 19.3. The number of aromatic nitrogens is 14. The summed E-state index contributed by atoms with van der Waals surface area (Å²) in [5.41, 5.74) is -1.04. The van der Waals surface area contributed by atoms with Crippen LogP contribution in [0, 0.1) is 66.7 Å². The van der Waals surface area contributed by atoms with Gasteiger partial charge < -0.3 is 9.13 Å². The highest BCUT2D eigenvalue weighted by Crippen LogP contribution is 2.49. The lowest BCUT2D eigenvalue weighted by atomic mass is 9.90. The molecule has 0 radical (unpaired) electrons. The van der Waals surface area contributed by atoms with E-state index >= 15 is 26.3 Å². The number of hydrogen-bond acceptors (Lipinski definition) is 13. The van der Waals surface area contributed by atoms with Crippen molar-refractivity contribution in [3.63, 3.8) is 0 Å². The minimum absolute atomic E-state index is 0.0120. The van der Waals surface area contributed by atoms with Gasteiger partial charge in [-0.25, -0.2) is 59.8 Å². The van der Waals surface area contributed by atoms with Gasteiger partial charge in [0, 0.05) is 54.9 Å². The number of nitriles is 1. The van der Waals surface area contributed by atoms with E-state index < -0.39 is 34.6 Å². The zero-order chi connectivity index (χ0) is 56.3. The normalized spacial score (nSPS) is 12.1. The van der Waals surface area contributed by atoms with Crippen LogP contribution in [0.15, 0.2) is 103 Å². The molecule has 12 aromatic rings. The van der Waals surface area contributed by atoms with E-state index in [0.717, 1.165) is 6.07 Å². The minimum Gasteiger partial charge on any atom is -0.309 e. The molecule has 0 saturated heterocycles. The van der Waals surface area contributed by atoms with Gasteiger partial charge in [0.2, 0.25) is 0 Å². The Labute approximate surface area is 450 Å². The third kappa shape index (κ3) is 8.83. The molecular weight excluding hydrogens is 1030 g/mol. The first-order chi connectivity index (χ1) is 38.1. The molecule has 80 heavy (non-hydrogen) atoms. The van der Waals surface area contributed by atoms with Crippen LogP contribution in [0.3, 0.4) is 0 Å². The van der Waals surface area contributed by atoms with E-state index in [2.05, 4.69) is 65.9 Å². The Hall–Kier alpha value is -9.97. The average molecular weight is 1070 g/mol. The van der Waals surface area contributed by atoms with Gasteiger partial charge in [-0.2, -0.15) is 31.6 Å². The first-order valence-electron chi connectivity index (χ1n) is 24.9. The highest BCUT2D eigenvalue weighted by molar-refractivity contribution is 6.13. The molecule has 0 atom stereocenters. The molecule has 6 aromatic carbocycles. The van der Waals surface area contributed by atoms with Crippen molar-refractivity contribution in [1.82, 2.24) is 68.9 Å². The summed E-state index contributed by atoms with van der Waals surface area (Å²) >= 11 is 0. The largest absolute Gasteiger partial charge is 0.417 e. The molecule has 15 nitrogen and oxygen atoms in total. The summed E-state index contributed by atoms with van der Waals surface area (Å²) in [6.45, 7) is 13.9. The SMILES string of the molecule is Cc1nc(C)nc(-c2ccc3c(c2)c2cc(-c4nc(C)nc(C)n4)ccc2n3-c2cc(-c3c(C(F)(F)F)cccc3C(F)(F)F)c(-n3c4ccc(-c5nc(C)nc(C)n5)cc4c4cc(-c5nc(C)nc(C)n5)ccc43)cc2C#N)n1. The van der Waals surface area contributed by atoms with E-state index in [4.69, 9.17) is 0 Å². The molecule has 0 aliphatic rings. The van der Waals surface area contributed by atoms with Crippen LogP contribution in [0.25, 0.3) is 112 Å². The summed E-state index contributed by atoms with van der Waals surface area (Å²) < 4.78 is 97.5. The van der Waals surface area contributed by atoms with Crippen LogP contribution in [-0.2, 0) is 12.4 Å². The van der Waals surface area contributed by atoms with Gasteiger partial charge in [-0.05, 0) is 152 Å². The van der Waals surface area contributed by atoms with Crippen LogP contribution in [-0.4, -0.2) is 68.9 Å². The standard InChI is InChI=1S/C59H41F6N15/c1-27-67-28(2)72-54(71-27)35-12-16-47-40(20-35)41-21-36(55-73-29(3)68-30(4)74-55)13-17-48(41)79(47)51-25-44(53-45(58(60,61)62)10-9-11-46(53)59(63,64)65)52(24-39(51)26-66)80-49-18-14-37(56-75-31(5)69-32(6)76-56)22-42(49)43-23-38(15-19-50(43)80)57-77-33(7)70-34(8)78-57/h9-25H,1-8H3. The second-order valence-corrected chi connectivity index (χ2v) is 19.3. The number of benzene rings is 6. The molecule has 12 rings (SSSR count). The Balaban J connectivity index is 1.22. The number of rotatable bonds is 7. The van der Waals surface area contributed by atoms with Crippen molar-refractivity contribution in [3.8, 4) is 74.1 Å². The van der Waals surface area contributed by atoms with Crippen molar-refractivity contribution >= 4 is 43.6 Å². The summed E-state index contributed by atoms with van der Waals surface area (Å²) in [6.07, 6.45) is -10.6. The number of nitrogens with zero attached hydrogens (tertiary/aromatic N) is 15. The minimum atomic E-state index is -5.30. The summed E-state index contributed by atoms with van der Waals surface area (Å²) in [5, 5.41) is 13.6. The Morgan fingerprint density at radius 3 is 0.925 bits per heavy atom. The van der Waals surface area contributed by atoms with Crippen LogP contribution >= 0.6 is 0 Å². The van der Waals surface area contributed by atoms with E-state index in [1.165, 1.54) is 12.1 Å². The van der Waals surface area contributed by atoms with Gasteiger partial charge >= 0.3 is 12.4 Å². The van der Waals surface area contributed by atoms with E-state index in [1.54, 1.807) is 125 Å². The monoisotopic (exact) mass is 1070 g/mol. The van der Waals surface area contributed by atoms with Crippen molar-refractivity contribution in [2.75, 3.05) is 0 Å². The predicted octanol–water partition coefficient (Wildman–Crippen LogP) is 13.3. The third-order valence-electron chi connectivity index (χ3n) is 13.7. The van der Waals surface area contributed by atoms with Gasteiger partial charge in [0.25, 0.3) is 0 Å². The molecule has 6 heterocycles. The molecule has 0 aliphatic carbocycles. The molecule has 0 saturated carbocycles. The third-order valence-corrected chi connectivity index (χ3v) is 13.7. The van der Waals surface area contributed by atoms with Crippen molar-refractivity contribution in [1.29, 1.82) is 5.26 Å². The molecule has 6 aromatic heterocycles. The average Bonchev–Trinajstić information content (AvgIpc) is 4.06. The molecular formula is C59H41F6N15. The van der Waals surface area contributed by atoms with Gasteiger partial charge in [-0.3, -0.25) is 0 Å². The van der Waals surface area contributed by atoms with E-state index in [0.29, 0.717) is 148 Å². The highest BCUT2D eigenvalue weighted by atomic mass is 19.4. The molecule has 0 unspecified atom stereocenters. The van der Waals surface area contributed by atoms with Crippen LogP contribution in [0.1, 0.15) is 63.3 Å². The Morgan fingerprint density at radius 1 is 0.362 bits per heavy atom. The lowest BCUT2D eigenvalue weighted by Crippen LogP contribution is -2.15. The maximum Gasteiger partial charge on any atom is 0.417 e. The fourth-order valence-corrected chi connectivity index (χ4v) is 10.7. The van der Waals surface area contributed by atoms with Crippen LogP contribution in [0.5, 0.6) is 0 Å². The van der Waals surface area contributed by atoms with Crippen molar-refractivity contribution in [2.24, 2.45) is 0 Å². The maximum atomic E-state index is 15.7.